The molecule has 1 aliphatic rings. The molecule has 2 rings (SSSR count). The molecule has 1 N–H and O–H groups in total. The lowest BCUT2D eigenvalue weighted by atomic mass is 9.92. The topological polar surface area (TPSA) is 46.0 Å². The van der Waals surface area contributed by atoms with Crippen LogP contribution in [0.3, 0.4) is 0 Å². The molecule has 1 aromatic rings. The molecule has 66 valence electrons. The Hall–Kier alpha value is -1.48. The molecule has 13 heavy (non-hydrogen) atoms. The van der Waals surface area contributed by atoms with Gasteiger partial charge in [-0.2, -0.15) is 10.2 Å². The third-order valence-electron chi connectivity index (χ3n) is 2.06. The number of hydrogen-bond donors (Lipinski definition) is 1. The Labute approximate surface area is 76.4 Å². The molecule has 0 spiro atoms. The van der Waals surface area contributed by atoms with Crippen LogP contribution in [-0.2, 0) is 5.60 Å². The highest BCUT2D eigenvalue weighted by molar-refractivity contribution is 5.26. The minimum Gasteiger partial charge on any atom is -0.379 e. The molecule has 0 aromatic carbocycles. The summed E-state index contributed by atoms with van der Waals surface area (Å²) in [7, 11) is 0. The number of nitrogens with zero attached hydrogens (tertiary/aromatic N) is 2. The second-order valence-electron chi connectivity index (χ2n) is 3.02. The van der Waals surface area contributed by atoms with Gasteiger partial charge < -0.3 is 5.11 Å². The highest BCUT2D eigenvalue weighted by atomic mass is 16.3. The molecule has 0 fully saturated rings. The van der Waals surface area contributed by atoms with Crippen molar-refractivity contribution in [3.05, 3.63) is 48.3 Å². The Balaban J connectivity index is 2.35. The summed E-state index contributed by atoms with van der Waals surface area (Å²) < 4.78 is 0. The van der Waals surface area contributed by atoms with Gasteiger partial charge in [-0.15, -0.1) is 0 Å². The molecule has 1 aliphatic carbocycles. The quantitative estimate of drug-likeness (QED) is 0.695. The van der Waals surface area contributed by atoms with Crippen LogP contribution < -0.4 is 0 Å². The van der Waals surface area contributed by atoms with Crippen LogP contribution in [0.2, 0.25) is 0 Å². The van der Waals surface area contributed by atoms with Crippen molar-refractivity contribution in [2.24, 2.45) is 0 Å². The molecular formula is C10H10N2O. The van der Waals surface area contributed by atoms with E-state index in [0.29, 0.717) is 12.1 Å². The number of aromatic nitrogens is 2. The normalized spacial score (nSPS) is 26.2. The van der Waals surface area contributed by atoms with Crippen molar-refractivity contribution < 1.29 is 5.11 Å². The molecular weight excluding hydrogens is 164 g/mol. The fourth-order valence-electron chi connectivity index (χ4n) is 1.33. The maximum Gasteiger partial charge on any atom is 0.130 e. The summed E-state index contributed by atoms with van der Waals surface area (Å²) in [5.41, 5.74) is -0.376. The molecule has 1 heterocycles. The van der Waals surface area contributed by atoms with Gasteiger partial charge in [-0.3, -0.25) is 0 Å². The van der Waals surface area contributed by atoms with Gasteiger partial charge in [0.2, 0.25) is 0 Å². The first-order valence-electron chi connectivity index (χ1n) is 4.16. The van der Waals surface area contributed by atoms with Crippen LogP contribution in [-0.4, -0.2) is 15.3 Å². The van der Waals surface area contributed by atoms with E-state index in [1.54, 1.807) is 24.4 Å². The standard InChI is InChI=1S/C10H10N2O/c13-10(6-2-1-3-7-10)9-5-4-8-11-12-9/h1-6,8,13H,7H2. The van der Waals surface area contributed by atoms with E-state index < -0.39 is 5.60 Å². The van der Waals surface area contributed by atoms with Gasteiger partial charge in [0.15, 0.2) is 0 Å². The predicted octanol–water partition coefficient (Wildman–Crippen LogP) is 1.18. The third-order valence-corrected chi connectivity index (χ3v) is 2.06. The van der Waals surface area contributed by atoms with Crippen LogP contribution in [0.5, 0.6) is 0 Å². The zero-order valence-electron chi connectivity index (χ0n) is 7.09. The number of allylic oxidation sites excluding steroid dienone is 2. The minimum atomic E-state index is -0.969. The lowest BCUT2D eigenvalue weighted by Crippen LogP contribution is -2.24. The Morgan fingerprint density at radius 3 is 2.92 bits per heavy atom. The van der Waals surface area contributed by atoms with Crippen LogP contribution in [0.4, 0.5) is 0 Å². The molecule has 0 amide bonds. The summed E-state index contributed by atoms with van der Waals surface area (Å²) >= 11 is 0. The molecule has 0 aliphatic heterocycles. The Morgan fingerprint density at radius 1 is 1.38 bits per heavy atom. The molecule has 0 saturated carbocycles. The Kier molecular flexibility index (Phi) is 1.94. The smallest absolute Gasteiger partial charge is 0.130 e. The van der Waals surface area contributed by atoms with Gasteiger partial charge in [-0.05, 0) is 18.2 Å². The van der Waals surface area contributed by atoms with E-state index in [0.717, 1.165) is 0 Å². The lowest BCUT2D eigenvalue weighted by molar-refractivity contribution is 0.0858. The van der Waals surface area contributed by atoms with Crippen LogP contribution in [0, 0.1) is 0 Å². The number of hydrogen-bond acceptors (Lipinski definition) is 3. The van der Waals surface area contributed by atoms with Crippen molar-refractivity contribution in [1.29, 1.82) is 0 Å². The molecule has 0 bridgehead atoms. The summed E-state index contributed by atoms with van der Waals surface area (Å²) in [6, 6.07) is 3.54. The van der Waals surface area contributed by atoms with Crippen molar-refractivity contribution in [2.45, 2.75) is 12.0 Å². The van der Waals surface area contributed by atoms with E-state index >= 15 is 0 Å². The van der Waals surface area contributed by atoms with Gasteiger partial charge in [0.25, 0.3) is 0 Å². The summed E-state index contributed by atoms with van der Waals surface area (Å²) in [5, 5.41) is 17.7. The lowest BCUT2D eigenvalue weighted by Gasteiger charge is -2.23. The second-order valence-corrected chi connectivity index (χ2v) is 3.02. The largest absolute Gasteiger partial charge is 0.379 e. The highest BCUT2D eigenvalue weighted by Gasteiger charge is 2.27. The molecule has 1 atom stereocenters. The summed E-state index contributed by atoms with van der Waals surface area (Å²) in [4.78, 5) is 0. The van der Waals surface area contributed by atoms with E-state index in [1.807, 2.05) is 18.2 Å². The fraction of sp³-hybridized carbons (Fsp3) is 0.200. The highest BCUT2D eigenvalue weighted by Crippen LogP contribution is 2.27. The Bertz CT molecular complexity index is 345. The van der Waals surface area contributed by atoms with Gasteiger partial charge in [0.05, 0.1) is 5.69 Å². The molecule has 3 nitrogen and oxygen atoms in total. The Morgan fingerprint density at radius 2 is 2.31 bits per heavy atom. The number of rotatable bonds is 1. The summed E-state index contributed by atoms with van der Waals surface area (Å²) in [5.74, 6) is 0. The van der Waals surface area contributed by atoms with Crippen LogP contribution >= 0.6 is 0 Å². The average molecular weight is 174 g/mol. The van der Waals surface area contributed by atoms with E-state index in [4.69, 9.17) is 0 Å². The van der Waals surface area contributed by atoms with Gasteiger partial charge in [-0.25, -0.2) is 0 Å². The summed E-state index contributed by atoms with van der Waals surface area (Å²) in [6.07, 6.45) is 9.52. The zero-order valence-corrected chi connectivity index (χ0v) is 7.09. The molecule has 3 heteroatoms. The fourth-order valence-corrected chi connectivity index (χ4v) is 1.33. The van der Waals surface area contributed by atoms with E-state index in [2.05, 4.69) is 10.2 Å². The first kappa shape index (κ1) is 8.13. The maximum atomic E-state index is 10.1. The first-order valence-corrected chi connectivity index (χ1v) is 4.16. The van der Waals surface area contributed by atoms with Crippen molar-refractivity contribution in [1.82, 2.24) is 10.2 Å². The van der Waals surface area contributed by atoms with Gasteiger partial charge >= 0.3 is 0 Å². The predicted molar refractivity (Wildman–Crippen MR) is 48.8 cm³/mol. The minimum absolute atomic E-state index is 0.558. The second kappa shape index (κ2) is 3.11. The van der Waals surface area contributed by atoms with Gasteiger partial charge in [0.1, 0.15) is 5.60 Å². The van der Waals surface area contributed by atoms with Gasteiger partial charge in [0, 0.05) is 12.6 Å². The van der Waals surface area contributed by atoms with Crippen LogP contribution in [0.25, 0.3) is 0 Å². The van der Waals surface area contributed by atoms with E-state index in [9.17, 15) is 5.11 Å². The SMILES string of the molecule is OC1(c2cccnn2)C=CC=CC1. The summed E-state index contributed by atoms with van der Waals surface area (Å²) in [6.45, 7) is 0. The molecule has 0 saturated heterocycles. The maximum absolute atomic E-state index is 10.1. The zero-order chi connectivity index (χ0) is 9.15. The van der Waals surface area contributed by atoms with Crippen molar-refractivity contribution >= 4 is 0 Å². The van der Waals surface area contributed by atoms with Crippen LogP contribution in [0.1, 0.15) is 12.1 Å². The van der Waals surface area contributed by atoms with Gasteiger partial charge in [-0.1, -0.05) is 18.2 Å². The van der Waals surface area contributed by atoms with Crippen molar-refractivity contribution in [3.8, 4) is 0 Å². The van der Waals surface area contributed by atoms with E-state index in [1.165, 1.54) is 0 Å². The molecule has 1 aromatic heterocycles. The van der Waals surface area contributed by atoms with Crippen LogP contribution in [0.15, 0.2) is 42.6 Å². The third kappa shape index (κ3) is 1.51. The first-order chi connectivity index (χ1) is 6.31. The van der Waals surface area contributed by atoms with Crippen molar-refractivity contribution in [3.63, 3.8) is 0 Å². The average Bonchev–Trinajstić information content (AvgIpc) is 2.20. The van der Waals surface area contributed by atoms with E-state index in [-0.39, 0.29) is 0 Å². The molecule has 0 radical (unpaired) electrons. The monoisotopic (exact) mass is 174 g/mol. The molecule has 1 unspecified atom stereocenters. The number of aliphatic hydroxyl groups is 1. The van der Waals surface area contributed by atoms with Crippen molar-refractivity contribution in [2.75, 3.05) is 0 Å².